The van der Waals surface area contributed by atoms with Crippen molar-refractivity contribution in [3.05, 3.63) is 70.0 Å². The first-order valence-corrected chi connectivity index (χ1v) is 8.38. The van der Waals surface area contributed by atoms with E-state index in [1.807, 2.05) is 24.3 Å². The lowest BCUT2D eigenvalue weighted by Gasteiger charge is -2.21. The first-order chi connectivity index (χ1) is 12.1. The second-order valence-corrected chi connectivity index (χ2v) is 6.54. The van der Waals surface area contributed by atoms with Gasteiger partial charge in [0.05, 0.1) is 22.9 Å². The van der Waals surface area contributed by atoms with E-state index < -0.39 is 6.04 Å². The summed E-state index contributed by atoms with van der Waals surface area (Å²) in [6.07, 6.45) is 0. The van der Waals surface area contributed by atoms with Crippen molar-refractivity contribution in [2.75, 3.05) is 0 Å². The summed E-state index contributed by atoms with van der Waals surface area (Å²) in [6, 6.07) is 13.6. The number of amides is 2. The Kier molecular flexibility index (Phi) is 3.69. The third kappa shape index (κ3) is 2.45. The van der Waals surface area contributed by atoms with E-state index in [0.717, 1.165) is 10.2 Å². The number of nitrogens with zero attached hydrogens (tertiary/aromatic N) is 5. The minimum absolute atomic E-state index is 0.335. The highest BCUT2D eigenvalue weighted by Crippen LogP contribution is 2.30. The quantitative estimate of drug-likeness (QED) is 0.634. The third-order valence-electron chi connectivity index (χ3n) is 4.15. The zero-order valence-corrected chi connectivity index (χ0v) is 14.7. The highest BCUT2D eigenvalue weighted by atomic mass is 79.9. The maximum Gasteiger partial charge on any atom is 0.262 e. The fourth-order valence-corrected chi connectivity index (χ4v) is 3.16. The van der Waals surface area contributed by atoms with Gasteiger partial charge in [0, 0.05) is 4.47 Å². The topological polar surface area (TPSA) is 81.0 Å². The molecule has 0 spiro atoms. The molecule has 4 rings (SSSR count). The highest BCUT2D eigenvalue weighted by Gasteiger charge is 2.40. The fourth-order valence-electron chi connectivity index (χ4n) is 2.90. The Labute approximate surface area is 151 Å². The molecule has 0 radical (unpaired) electrons. The van der Waals surface area contributed by atoms with E-state index in [1.54, 1.807) is 31.2 Å². The molecule has 1 aromatic heterocycles. The van der Waals surface area contributed by atoms with Gasteiger partial charge in [-0.05, 0) is 53.7 Å². The van der Waals surface area contributed by atoms with Crippen molar-refractivity contribution in [2.24, 2.45) is 0 Å². The number of fused-ring (bicyclic) bond motifs is 1. The summed E-state index contributed by atoms with van der Waals surface area (Å²) >= 11 is 3.38. The molecule has 3 aromatic rings. The summed E-state index contributed by atoms with van der Waals surface area (Å²) in [7, 11) is 0. The van der Waals surface area contributed by atoms with E-state index in [-0.39, 0.29) is 11.8 Å². The molecule has 1 aliphatic rings. The Bertz CT molecular complexity index is 948. The van der Waals surface area contributed by atoms with Gasteiger partial charge in [0.2, 0.25) is 0 Å². The van der Waals surface area contributed by atoms with Crippen molar-refractivity contribution in [1.82, 2.24) is 25.1 Å². The van der Waals surface area contributed by atoms with Gasteiger partial charge in [-0.15, -0.1) is 5.10 Å². The largest absolute Gasteiger partial charge is 0.269 e. The number of carbonyl (C=O) groups is 2. The summed E-state index contributed by atoms with van der Waals surface area (Å²) in [4.78, 5) is 26.5. The molecule has 0 bridgehead atoms. The molecular weight excluding hydrogens is 386 g/mol. The highest BCUT2D eigenvalue weighted by molar-refractivity contribution is 9.10. The second-order valence-electron chi connectivity index (χ2n) is 5.63. The van der Waals surface area contributed by atoms with Gasteiger partial charge in [-0.25, -0.2) is 0 Å². The van der Waals surface area contributed by atoms with Crippen LogP contribution < -0.4 is 0 Å². The van der Waals surface area contributed by atoms with Crippen LogP contribution in [0.5, 0.6) is 0 Å². The van der Waals surface area contributed by atoms with Crippen LogP contribution >= 0.6 is 15.9 Å². The number of imide groups is 1. The number of carbonyl (C=O) groups excluding carboxylic acids is 2. The first kappa shape index (κ1) is 15.6. The van der Waals surface area contributed by atoms with E-state index >= 15 is 0 Å². The number of hydrogen-bond acceptors (Lipinski definition) is 5. The Hall–Kier alpha value is -2.87. The van der Waals surface area contributed by atoms with Crippen molar-refractivity contribution in [3.63, 3.8) is 0 Å². The van der Waals surface area contributed by atoms with Crippen molar-refractivity contribution in [1.29, 1.82) is 0 Å². The zero-order chi connectivity index (χ0) is 17.6. The lowest BCUT2D eigenvalue weighted by atomic mass is 10.1. The number of benzene rings is 2. The Morgan fingerprint density at radius 1 is 0.960 bits per heavy atom. The molecule has 8 heteroatoms. The van der Waals surface area contributed by atoms with Gasteiger partial charge in [-0.1, -0.05) is 28.1 Å². The lowest BCUT2D eigenvalue weighted by Crippen LogP contribution is -2.34. The molecule has 2 amide bonds. The molecule has 1 aliphatic heterocycles. The minimum Gasteiger partial charge on any atom is -0.269 e. The standard InChI is InChI=1S/C17H12BrN5O2/c1-10(22-16(24)13-4-2-3-5-14(13)17(22)25)15-19-20-21-23(15)12-8-6-11(18)7-9-12/h2-10H,1H3/t10-/m0/s1. The van der Waals surface area contributed by atoms with Gasteiger partial charge in [0.1, 0.15) is 0 Å². The summed E-state index contributed by atoms with van der Waals surface area (Å²) < 4.78 is 2.46. The average molecular weight is 398 g/mol. The predicted octanol–water partition coefficient (Wildman–Crippen LogP) is 2.78. The molecule has 0 unspecified atom stereocenters. The molecule has 7 nitrogen and oxygen atoms in total. The van der Waals surface area contributed by atoms with Crippen molar-refractivity contribution in [2.45, 2.75) is 13.0 Å². The van der Waals surface area contributed by atoms with Gasteiger partial charge >= 0.3 is 0 Å². The molecule has 25 heavy (non-hydrogen) atoms. The van der Waals surface area contributed by atoms with Crippen LogP contribution in [0.2, 0.25) is 0 Å². The van der Waals surface area contributed by atoms with Crippen LogP contribution in [-0.4, -0.2) is 36.9 Å². The van der Waals surface area contributed by atoms with Crippen LogP contribution in [0.25, 0.3) is 5.69 Å². The van der Waals surface area contributed by atoms with Crippen LogP contribution in [0, 0.1) is 0 Å². The summed E-state index contributed by atoms with van der Waals surface area (Å²) in [5.74, 6) is -0.256. The Morgan fingerprint density at radius 2 is 1.56 bits per heavy atom. The summed E-state index contributed by atoms with van der Waals surface area (Å²) in [5.41, 5.74) is 1.55. The molecule has 0 saturated heterocycles. The maximum absolute atomic E-state index is 12.7. The predicted molar refractivity (Wildman–Crippen MR) is 92.2 cm³/mol. The third-order valence-corrected chi connectivity index (χ3v) is 4.68. The molecule has 2 heterocycles. The van der Waals surface area contributed by atoms with Crippen LogP contribution in [0.1, 0.15) is 39.5 Å². The second kappa shape index (κ2) is 5.89. The molecular formula is C17H12BrN5O2. The van der Waals surface area contributed by atoms with Crippen LogP contribution in [0.15, 0.2) is 53.0 Å². The van der Waals surface area contributed by atoms with Gasteiger partial charge in [-0.3, -0.25) is 14.5 Å². The normalized spacial score (nSPS) is 14.7. The first-order valence-electron chi connectivity index (χ1n) is 7.59. The van der Waals surface area contributed by atoms with E-state index in [1.165, 1.54) is 9.58 Å². The molecule has 0 N–H and O–H groups in total. The molecule has 2 aromatic carbocycles. The molecule has 124 valence electrons. The summed E-state index contributed by atoms with van der Waals surface area (Å²) in [6.45, 7) is 1.74. The SMILES string of the molecule is C[C@@H](c1nnnn1-c1ccc(Br)cc1)N1C(=O)c2ccccc2C1=O. The molecule has 1 atom stereocenters. The van der Waals surface area contributed by atoms with Crippen molar-refractivity contribution < 1.29 is 9.59 Å². The fraction of sp³-hybridized carbons (Fsp3) is 0.118. The number of tetrazole rings is 1. The zero-order valence-electron chi connectivity index (χ0n) is 13.1. The van der Waals surface area contributed by atoms with Gasteiger partial charge in [0.15, 0.2) is 5.82 Å². The molecule has 0 aliphatic carbocycles. The number of aromatic nitrogens is 4. The lowest BCUT2D eigenvalue weighted by molar-refractivity contribution is 0.0587. The van der Waals surface area contributed by atoms with Gasteiger partial charge in [0.25, 0.3) is 11.8 Å². The molecule has 0 fully saturated rings. The Morgan fingerprint density at radius 3 is 2.16 bits per heavy atom. The van der Waals surface area contributed by atoms with Crippen LogP contribution in [-0.2, 0) is 0 Å². The maximum atomic E-state index is 12.7. The smallest absolute Gasteiger partial charge is 0.262 e. The number of rotatable bonds is 3. The van der Waals surface area contributed by atoms with Gasteiger partial charge in [-0.2, -0.15) is 4.68 Å². The van der Waals surface area contributed by atoms with Gasteiger partial charge < -0.3 is 0 Å². The van der Waals surface area contributed by atoms with E-state index in [2.05, 4.69) is 31.5 Å². The van der Waals surface area contributed by atoms with Crippen molar-refractivity contribution >= 4 is 27.7 Å². The summed E-state index contributed by atoms with van der Waals surface area (Å²) in [5, 5.41) is 11.7. The minimum atomic E-state index is -0.606. The van der Waals surface area contributed by atoms with E-state index in [4.69, 9.17) is 0 Å². The van der Waals surface area contributed by atoms with E-state index in [0.29, 0.717) is 17.0 Å². The van der Waals surface area contributed by atoms with E-state index in [9.17, 15) is 9.59 Å². The number of halogens is 1. The Balaban J connectivity index is 1.73. The van der Waals surface area contributed by atoms with Crippen LogP contribution in [0.3, 0.4) is 0 Å². The van der Waals surface area contributed by atoms with Crippen LogP contribution in [0.4, 0.5) is 0 Å². The molecule has 0 saturated carbocycles. The average Bonchev–Trinajstić information content (AvgIpc) is 3.20. The monoisotopic (exact) mass is 397 g/mol. The number of hydrogen-bond donors (Lipinski definition) is 0. The van der Waals surface area contributed by atoms with Crippen molar-refractivity contribution in [3.8, 4) is 5.69 Å².